The van der Waals surface area contributed by atoms with Crippen LogP contribution in [0.1, 0.15) is 77.2 Å². The lowest BCUT2D eigenvalue weighted by atomic mass is 9.43. The summed E-state index contributed by atoms with van der Waals surface area (Å²) < 4.78 is 0. The second-order valence-corrected chi connectivity index (χ2v) is 10.9. The van der Waals surface area contributed by atoms with Gasteiger partial charge >= 0.3 is 0 Å². The minimum absolute atomic E-state index is 0.138. The molecule has 3 heteroatoms. The molecule has 3 nitrogen and oxygen atoms in total. The molecule has 0 aliphatic heterocycles. The zero-order valence-electron chi connectivity index (χ0n) is 17.4. The molecular weight excluding hydrogens is 348 g/mol. The maximum atomic E-state index is 12.2. The summed E-state index contributed by atoms with van der Waals surface area (Å²) in [6.45, 7) is 4.59. The summed E-state index contributed by atoms with van der Waals surface area (Å²) in [5.41, 5.74) is -1.06. The molecule has 0 radical (unpaired) electrons. The lowest BCUT2D eigenvalue weighted by Gasteiger charge is -2.64. The number of fused-ring (bicyclic) bond motifs is 5. The van der Waals surface area contributed by atoms with Gasteiger partial charge in [-0.25, -0.2) is 0 Å². The van der Waals surface area contributed by atoms with E-state index in [2.05, 4.69) is 13.8 Å². The summed E-state index contributed by atoms with van der Waals surface area (Å²) in [7, 11) is 0. The average Bonchev–Trinajstić information content (AvgIpc) is 2.91. The molecule has 4 aliphatic carbocycles. The lowest BCUT2D eigenvalue weighted by Crippen LogP contribution is -2.64. The molecule has 0 bridgehead atoms. The Morgan fingerprint density at radius 1 is 0.821 bits per heavy atom. The maximum absolute atomic E-state index is 12.2. The van der Waals surface area contributed by atoms with Gasteiger partial charge in [0.15, 0.2) is 0 Å². The highest BCUT2D eigenvalue weighted by atomic mass is 16.3. The molecule has 0 amide bonds. The van der Waals surface area contributed by atoms with Gasteiger partial charge in [-0.3, -0.25) is 0 Å². The fraction of sp³-hybridized carbons (Fsp3) is 0.760. The molecular formula is C25H36O3. The van der Waals surface area contributed by atoms with E-state index in [-0.39, 0.29) is 17.4 Å². The molecule has 1 aromatic rings. The quantitative estimate of drug-likeness (QED) is 0.673. The Balaban J connectivity index is 1.52. The Morgan fingerprint density at radius 3 is 2.32 bits per heavy atom. The smallest absolute Gasteiger partial charge is 0.0978 e. The van der Waals surface area contributed by atoms with Gasteiger partial charge in [-0.05, 0) is 86.5 Å². The van der Waals surface area contributed by atoms with Gasteiger partial charge in [0, 0.05) is 5.41 Å². The molecule has 4 fully saturated rings. The normalized spacial score (nSPS) is 53.2. The van der Waals surface area contributed by atoms with Crippen molar-refractivity contribution in [3.8, 4) is 0 Å². The van der Waals surface area contributed by atoms with Crippen molar-refractivity contribution in [3.05, 3.63) is 35.9 Å². The molecule has 1 aromatic carbocycles. The van der Waals surface area contributed by atoms with Crippen molar-refractivity contribution in [2.45, 2.75) is 88.9 Å². The van der Waals surface area contributed by atoms with Gasteiger partial charge in [-0.1, -0.05) is 44.2 Å². The molecule has 0 saturated heterocycles. The maximum Gasteiger partial charge on any atom is 0.0978 e. The standard InChI is InChI=1S/C25H36O3/c1-22-12-10-19(26)16-18(22)8-9-21-20(22)11-13-23(2)24(27,14-15-25(21,23)28)17-6-4-3-5-7-17/h3-7,18-21,26-28H,8-16H2,1-2H3/t18?,19?,20-,21-,22+,23-,24?,25-/m1/s1. The van der Waals surface area contributed by atoms with Crippen molar-refractivity contribution in [3.63, 3.8) is 0 Å². The van der Waals surface area contributed by atoms with E-state index in [1.807, 2.05) is 30.3 Å². The van der Waals surface area contributed by atoms with Crippen LogP contribution in [0.4, 0.5) is 0 Å². The Hall–Kier alpha value is -0.900. The van der Waals surface area contributed by atoms with Crippen LogP contribution in [0, 0.1) is 28.6 Å². The summed E-state index contributed by atoms with van der Waals surface area (Å²) in [4.78, 5) is 0. The molecule has 5 rings (SSSR count). The van der Waals surface area contributed by atoms with E-state index in [4.69, 9.17) is 0 Å². The molecule has 3 N–H and O–H groups in total. The van der Waals surface area contributed by atoms with Crippen LogP contribution in [-0.4, -0.2) is 27.0 Å². The zero-order valence-corrected chi connectivity index (χ0v) is 17.4. The van der Waals surface area contributed by atoms with E-state index in [0.717, 1.165) is 50.5 Å². The van der Waals surface area contributed by atoms with Gasteiger partial charge in [0.2, 0.25) is 0 Å². The SMILES string of the molecule is C[C@]12CCC(O)CC1CC[C@@H]1[C@H]2CC[C@]2(C)C(O)(c3ccccc3)CC[C@@]12O. The Morgan fingerprint density at radius 2 is 1.57 bits per heavy atom. The van der Waals surface area contributed by atoms with Gasteiger partial charge in [0.1, 0.15) is 0 Å². The first-order valence-electron chi connectivity index (χ1n) is 11.4. The van der Waals surface area contributed by atoms with Crippen molar-refractivity contribution in [2.75, 3.05) is 0 Å². The second kappa shape index (κ2) is 6.06. The highest BCUT2D eigenvalue weighted by molar-refractivity contribution is 5.32. The topological polar surface area (TPSA) is 60.7 Å². The monoisotopic (exact) mass is 384 g/mol. The summed E-state index contributed by atoms with van der Waals surface area (Å²) in [5, 5.41) is 34.3. The first kappa shape index (κ1) is 19.1. The number of aliphatic hydroxyl groups is 3. The van der Waals surface area contributed by atoms with Crippen molar-refractivity contribution in [1.29, 1.82) is 0 Å². The van der Waals surface area contributed by atoms with Crippen molar-refractivity contribution >= 4 is 0 Å². The molecule has 28 heavy (non-hydrogen) atoms. The highest BCUT2D eigenvalue weighted by Crippen LogP contribution is 2.71. The summed E-state index contributed by atoms with van der Waals surface area (Å²) in [6, 6.07) is 10.1. The lowest BCUT2D eigenvalue weighted by molar-refractivity contribution is -0.238. The van der Waals surface area contributed by atoms with Crippen LogP contribution < -0.4 is 0 Å². The second-order valence-electron chi connectivity index (χ2n) is 10.9. The fourth-order valence-electron chi connectivity index (χ4n) is 8.40. The third-order valence-electron chi connectivity index (χ3n) is 10.2. The fourth-order valence-corrected chi connectivity index (χ4v) is 8.40. The molecule has 4 aliphatic rings. The van der Waals surface area contributed by atoms with Crippen LogP contribution in [0.2, 0.25) is 0 Å². The summed E-state index contributed by atoms with van der Waals surface area (Å²) in [6.07, 6.45) is 8.22. The van der Waals surface area contributed by atoms with Gasteiger partial charge in [-0.2, -0.15) is 0 Å². The van der Waals surface area contributed by atoms with Gasteiger partial charge in [0.25, 0.3) is 0 Å². The Bertz CT molecular complexity index is 749. The minimum atomic E-state index is -0.950. The molecule has 0 heterocycles. The van der Waals surface area contributed by atoms with Crippen LogP contribution in [0.15, 0.2) is 30.3 Å². The Kier molecular flexibility index (Phi) is 4.13. The first-order chi connectivity index (χ1) is 13.2. The number of hydrogen-bond acceptors (Lipinski definition) is 3. The molecule has 0 spiro atoms. The molecule has 154 valence electrons. The Labute approximate surface area is 169 Å². The van der Waals surface area contributed by atoms with Crippen molar-refractivity contribution in [1.82, 2.24) is 0 Å². The molecule has 0 aromatic heterocycles. The third kappa shape index (κ3) is 2.22. The van der Waals surface area contributed by atoms with Crippen LogP contribution in [0.3, 0.4) is 0 Å². The van der Waals surface area contributed by atoms with E-state index < -0.39 is 16.6 Å². The number of benzene rings is 1. The van der Waals surface area contributed by atoms with E-state index >= 15 is 0 Å². The predicted molar refractivity (Wildman–Crippen MR) is 110 cm³/mol. The van der Waals surface area contributed by atoms with Crippen LogP contribution in [0.25, 0.3) is 0 Å². The number of rotatable bonds is 1. The predicted octanol–water partition coefficient (Wildman–Crippen LogP) is 4.39. The van der Waals surface area contributed by atoms with Gasteiger partial charge < -0.3 is 15.3 Å². The number of aliphatic hydroxyl groups excluding tert-OH is 1. The highest BCUT2D eigenvalue weighted by Gasteiger charge is 2.71. The first-order valence-corrected chi connectivity index (χ1v) is 11.4. The van der Waals surface area contributed by atoms with Crippen molar-refractivity contribution in [2.24, 2.45) is 28.6 Å². The van der Waals surface area contributed by atoms with E-state index in [0.29, 0.717) is 24.7 Å². The average molecular weight is 385 g/mol. The van der Waals surface area contributed by atoms with E-state index in [1.54, 1.807) is 0 Å². The van der Waals surface area contributed by atoms with Crippen molar-refractivity contribution < 1.29 is 15.3 Å². The minimum Gasteiger partial charge on any atom is -0.393 e. The molecule has 4 saturated carbocycles. The number of hydrogen-bond donors (Lipinski definition) is 3. The van der Waals surface area contributed by atoms with Crippen LogP contribution in [-0.2, 0) is 5.60 Å². The summed E-state index contributed by atoms with van der Waals surface area (Å²) in [5.74, 6) is 1.36. The molecule has 3 unspecified atom stereocenters. The van der Waals surface area contributed by atoms with Gasteiger partial charge in [-0.15, -0.1) is 0 Å². The van der Waals surface area contributed by atoms with E-state index in [9.17, 15) is 15.3 Å². The van der Waals surface area contributed by atoms with E-state index in [1.165, 1.54) is 0 Å². The van der Waals surface area contributed by atoms with Crippen LogP contribution >= 0.6 is 0 Å². The third-order valence-corrected chi connectivity index (χ3v) is 10.2. The molecule has 8 atom stereocenters. The van der Waals surface area contributed by atoms with Gasteiger partial charge in [0.05, 0.1) is 17.3 Å². The largest absolute Gasteiger partial charge is 0.393 e. The summed E-state index contributed by atoms with van der Waals surface area (Å²) >= 11 is 0. The van der Waals surface area contributed by atoms with Crippen LogP contribution in [0.5, 0.6) is 0 Å². The zero-order chi connectivity index (χ0) is 19.8.